The van der Waals surface area contributed by atoms with Gasteiger partial charge in [-0.3, -0.25) is 10.1 Å². The van der Waals surface area contributed by atoms with Crippen molar-refractivity contribution in [1.29, 1.82) is 0 Å². The highest BCUT2D eigenvalue weighted by molar-refractivity contribution is 6.02. The molecule has 0 saturated carbocycles. The normalized spacial score (nSPS) is 19.4. The number of benzene rings is 1. The van der Waals surface area contributed by atoms with E-state index in [4.69, 9.17) is 0 Å². The van der Waals surface area contributed by atoms with Crippen LogP contribution >= 0.6 is 0 Å². The number of fused-ring (bicyclic) bond motifs is 1. The lowest BCUT2D eigenvalue weighted by molar-refractivity contribution is -0.117. The molecule has 0 aliphatic carbocycles. The van der Waals surface area contributed by atoms with Crippen molar-refractivity contribution in [2.24, 2.45) is 5.92 Å². The average molecular weight is 264 g/mol. The van der Waals surface area contributed by atoms with Gasteiger partial charge in [-0.15, -0.1) is 0 Å². The monoisotopic (exact) mass is 264 g/mol. The molecule has 0 aromatic heterocycles. The number of amides is 1. The first kappa shape index (κ1) is 14.0. The van der Waals surface area contributed by atoms with Crippen molar-refractivity contribution in [3.63, 3.8) is 0 Å². The maximum atomic E-state index is 13.3. The van der Waals surface area contributed by atoms with E-state index in [2.05, 4.69) is 31.4 Å². The van der Waals surface area contributed by atoms with Gasteiger partial charge in [0.05, 0.1) is 0 Å². The fraction of sp³-hybridized carbons (Fsp3) is 0.533. The number of nitrogens with one attached hydrogen (secondary N) is 2. The van der Waals surface area contributed by atoms with Crippen molar-refractivity contribution in [2.45, 2.75) is 45.7 Å². The molecule has 1 aliphatic heterocycles. The summed E-state index contributed by atoms with van der Waals surface area (Å²) in [4.78, 5) is 11.9. The molecule has 1 heterocycles. The van der Waals surface area contributed by atoms with Gasteiger partial charge in [0.15, 0.2) is 0 Å². The van der Waals surface area contributed by atoms with Gasteiger partial charge in [0.2, 0.25) is 5.91 Å². The van der Waals surface area contributed by atoms with Crippen molar-refractivity contribution in [2.75, 3.05) is 5.32 Å². The Morgan fingerprint density at radius 2 is 2.05 bits per heavy atom. The largest absolute Gasteiger partial charge is 0.324 e. The zero-order chi connectivity index (χ0) is 14.0. The Balaban J connectivity index is 2.05. The first-order valence-electron chi connectivity index (χ1n) is 6.83. The zero-order valence-electron chi connectivity index (χ0n) is 11.7. The first-order chi connectivity index (χ1) is 8.97. The quantitative estimate of drug-likeness (QED) is 0.857. The summed E-state index contributed by atoms with van der Waals surface area (Å²) in [5.74, 6) is 0.236. The van der Waals surface area contributed by atoms with E-state index in [-0.39, 0.29) is 17.8 Å². The summed E-state index contributed by atoms with van der Waals surface area (Å²) in [5.41, 5.74) is 1.42. The Kier molecular flexibility index (Phi) is 4.20. The Morgan fingerprint density at radius 3 is 2.74 bits per heavy atom. The molecule has 1 aromatic rings. The van der Waals surface area contributed by atoms with Gasteiger partial charge in [-0.05, 0) is 43.9 Å². The molecule has 19 heavy (non-hydrogen) atoms. The van der Waals surface area contributed by atoms with Crippen LogP contribution in [0.1, 0.15) is 45.2 Å². The second kappa shape index (κ2) is 5.70. The molecule has 1 aromatic carbocycles. The molecule has 0 fully saturated rings. The van der Waals surface area contributed by atoms with Gasteiger partial charge >= 0.3 is 0 Å². The molecule has 3 nitrogen and oxygen atoms in total. The van der Waals surface area contributed by atoms with Crippen molar-refractivity contribution in [3.05, 3.63) is 29.6 Å². The van der Waals surface area contributed by atoms with Crippen LogP contribution in [-0.4, -0.2) is 11.9 Å². The molecule has 2 N–H and O–H groups in total. The van der Waals surface area contributed by atoms with Crippen molar-refractivity contribution in [3.8, 4) is 0 Å². The summed E-state index contributed by atoms with van der Waals surface area (Å²) in [5, 5.41) is 6.07. The number of hydrogen-bond donors (Lipinski definition) is 2. The van der Waals surface area contributed by atoms with Crippen LogP contribution < -0.4 is 10.6 Å². The van der Waals surface area contributed by atoms with Gasteiger partial charge < -0.3 is 5.32 Å². The van der Waals surface area contributed by atoms with Crippen LogP contribution in [0.4, 0.5) is 10.1 Å². The molecule has 0 spiro atoms. The predicted molar refractivity (Wildman–Crippen MR) is 74.4 cm³/mol. The number of halogens is 1. The van der Waals surface area contributed by atoms with E-state index >= 15 is 0 Å². The molecule has 1 amide bonds. The van der Waals surface area contributed by atoms with E-state index in [1.54, 1.807) is 6.07 Å². The van der Waals surface area contributed by atoms with E-state index < -0.39 is 6.04 Å². The standard InChI is InChI=1S/C15H21FN2O/c1-9(2)4-5-10(3)17-14-12-8-11(16)6-7-13(12)18-15(14)19/h6-10,14,17H,4-5H2,1-3H3,(H,18,19). The third-order valence-electron chi connectivity index (χ3n) is 3.47. The summed E-state index contributed by atoms with van der Waals surface area (Å²) in [6, 6.07) is 4.20. The van der Waals surface area contributed by atoms with Crippen molar-refractivity contribution in [1.82, 2.24) is 5.32 Å². The minimum atomic E-state index is -0.437. The van der Waals surface area contributed by atoms with Crippen LogP contribution in [0.25, 0.3) is 0 Å². The van der Waals surface area contributed by atoms with Crippen LogP contribution in [0.2, 0.25) is 0 Å². The van der Waals surface area contributed by atoms with Gasteiger partial charge in [-0.1, -0.05) is 13.8 Å². The summed E-state index contributed by atoms with van der Waals surface area (Å²) in [6.07, 6.45) is 2.12. The first-order valence-corrected chi connectivity index (χ1v) is 6.83. The van der Waals surface area contributed by atoms with Gasteiger partial charge in [0.25, 0.3) is 0 Å². The van der Waals surface area contributed by atoms with E-state index in [0.717, 1.165) is 12.8 Å². The molecule has 4 heteroatoms. The smallest absolute Gasteiger partial charge is 0.246 e. The van der Waals surface area contributed by atoms with E-state index in [9.17, 15) is 9.18 Å². The van der Waals surface area contributed by atoms with E-state index in [0.29, 0.717) is 17.2 Å². The fourth-order valence-electron chi connectivity index (χ4n) is 2.35. The zero-order valence-corrected chi connectivity index (χ0v) is 11.7. The van der Waals surface area contributed by atoms with Crippen molar-refractivity contribution < 1.29 is 9.18 Å². The Labute approximate surface area is 113 Å². The summed E-state index contributed by atoms with van der Waals surface area (Å²) in [6.45, 7) is 6.42. The maximum Gasteiger partial charge on any atom is 0.246 e. The highest BCUT2D eigenvalue weighted by Gasteiger charge is 2.31. The van der Waals surface area contributed by atoms with Crippen LogP contribution in [-0.2, 0) is 4.79 Å². The molecule has 1 aliphatic rings. The van der Waals surface area contributed by atoms with Gasteiger partial charge in [-0.2, -0.15) is 0 Å². The molecular weight excluding hydrogens is 243 g/mol. The number of hydrogen-bond acceptors (Lipinski definition) is 2. The Morgan fingerprint density at radius 1 is 1.32 bits per heavy atom. The molecule has 104 valence electrons. The predicted octanol–water partition coefficient (Wildman–Crippen LogP) is 3.23. The molecule has 0 bridgehead atoms. The molecule has 2 unspecified atom stereocenters. The summed E-state index contributed by atoms with van der Waals surface area (Å²) >= 11 is 0. The Hall–Kier alpha value is -1.42. The van der Waals surface area contributed by atoms with Crippen LogP contribution in [0.5, 0.6) is 0 Å². The number of rotatable bonds is 5. The molecule has 0 radical (unpaired) electrons. The van der Waals surface area contributed by atoms with Gasteiger partial charge in [-0.25, -0.2) is 4.39 Å². The number of carbonyl (C=O) groups is 1. The van der Waals surface area contributed by atoms with Crippen LogP contribution in [0, 0.1) is 11.7 Å². The highest BCUT2D eigenvalue weighted by Crippen LogP contribution is 2.31. The average Bonchev–Trinajstić information content (AvgIpc) is 2.63. The SMILES string of the molecule is CC(C)CCC(C)NC1C(=O)Nc2ccc(F)cc21. The number of carbonyl (C=O) groups excluding carboxylic acids is 1. The number of anilines is 1. The van der Waals surface area contributed by atoms with Crippen LogP contribution in [0.15, 0.2) is 18.2 Å². The third kappa shape index (κ3) is 3.32. The van der Waals surface area contributed by atoms with Gasteiger partial charge in [0, 0.05) is 17.3 Å². The van der Waals surface area contributed by atoms with E-state index in [1.165, 1.54) is 12.1 Å². The second-order valence-electron chi connectivity index (χ2n) is 5.69. The Bertz CT molecular complexity index is 473. The molecule has 2 rings (SSSR count). The highest BCUT2D eigenvalue weighted by atomic mass is 19.1. The molecule has 2 atom stereocenters. The molecular formula is C15H21FN2O. The van der Waals surface area contributed by atoms with E-state index in [1.807, 2.05) is 0 Å². The van der Waals surface area contributed by atoms with Gasteiger partial charge in [0.1, 0.15) is 11.9 Å². The maximum absolute atomic E-state index is 13.3. The minimum absolute atomic E-state index is 0.100. The van der Waals surface area contributed by atoms with Crippen LogP contribution in [0.3, 0.4) is 0 Å². The molecule has 0 saturated heterocycles. The second-order valence-corrected chi connectivity index (χ2v) is 5.69. The third-order valence-corrected chi connectivity index (χ3v) is 3.47. The van der Waals surface area contributed by atoms with Crippen molar-refractivity contribution >= 4 is 11.6 Å². The summed E-state index contributed by atoms with van der Waals surface area (Å²) < 4.78 is 13.3. The topological polar surface area (TPSA) is 41.1 Å². The fourth-order valence-corrected chi connectivity index (χ4v) is 2.35. The minimum Gasteiger partial charge on any atom is -0.324 e. The summed E-state index contributed by atoms with van der Waals surface area (Å²) in [7, 11) is 0. The lowest BCUT2D eigenvalue weighted by atomic mass is 10.0. The lowest BCUT2D eigenvalue weighted by Gasteiger charge is -2.19. The lowest BCUT2D eigenvalue weighted by Crippen LogP contribution is -2.34.